The largest absolute Gasteiger partial charge is 0.490 e. The Labute approximate surface area is 198 Å². The Kier molecular flexibility index (Phi) is 6.27. The van der Waals surface area contributed by atoms with Crippen molar-refractivity contribution in [2.75, 3.05) is 25.5 Å². The number of amides is 1. The van der Waals surface area contributed by atoms with Crippen molar-refractivity contribution >= 4 is 22.5 Å². The molecular formula is C27H28N4O3. The molecule has 0 aliphatic carbocycles. The topological polar surface area (TPSA) is 80.5 Å². The average Bonchev–Trinajstić information content (AvgIpc) is 3.40. The highest BCUT2D eigenvalue weighted by Gasteiger charge is 2.19. The third-order valence-corrected chi connectivity index (χ3v) is 6.33. The summed E-state index contributed by atoms with van der Waals surface area (Å²) in [4.78, 5) is 23.8. The predicted molar refractivity (Wildman–Crippen MR) is 132 cm³/mol. The second-order valence-corrected chi connectivity index (χ2v) is 8.75. The lowest BCUT2D eigenvalue weighted by Crippen LogP contribution is -2.35. The van der Waals surface area contributed by atoms with Crippen LogP contribution in [0.1, 0.15) is 35.7 Å². The summed E-state index contributed by atoms with van der Waals surface area (Å²) >= 11 is 0. The molecule has 34 heavy (non-hydrogen) atoms. The zero-order valence-corrected chi connectivity index (χ0v) is 19.5. The van der Waals surface area contributed by atoms with Crippen molar-refractivity contribution in [3.63, 3.8) is 0 Å². The molecule has 0 bridgehead atoms. The van der Waals surface area contributed by atoms with Crippen LogP contribution in [0.15, 0.2) is 65.7 Å². The number of anilines is 1. The zero-order chi connectivity index (χ0) is 23.5. The molecule has 0 saturated carbocycles. The van der Waals surface area contributed by atoms with Gasteiger partial charge >= 0.3 is 0 Å². The number of nitrogens with zero attached hydrogens (tertiary/aromatic N) is 3. The third kappa shape index (κ3) is 4.79. The summed E-state index contributed by atoms with van der Waals surface area (Å²) in [5.74, 6) is 1.72. The molecule has 0 radical (unpaired) electrons. The van der Waals surface area contributed by atoms with Crippen LogP contribution in [0, 0.1) is 0 Å². The maximum atomic E-state index is 13.0. The van der Waals surface area contributed by atoms with Crippen LogP contribution in [-0.2, 0) is 6.42 Å². The Morgan fingerprint density at radius 1 is 1.15 bits per heavy atom. The van der Waals surface area contributed by atoms with Crippen molar-refractivity contribution in [3.8, 4) is 17.1 Å². The molecule has 7 heteroatoms. The second-order valence-electron chi connectivity index (χ2n) is 8.75. The highest BCUT2D eigenvalue weighted by Crippen LogP contribution is 2.30. The van der Waals surface area contributed by atoms with Crippen LogP contribution in [-0.4, -0.2) is 47.0 Å². The van der Waals surface area contributed by atoms with Crippen LogP contribution in [0.3, 0.4) is 0 Å². The monoisotopic (exact) mass is 456 g/mol. The number of nitrogens with one attached hydrogen (secondary N) is 1. The van der Waals surface area contributed by atoms with Gasteiger partial charge in [-0.25, -0.2) is 9.97 Å². The number of aromatic nitrogens is 2. The first-order valence-corrected chi connectivity index (χ1v) is 11.7. The number of pyridine rings is 1. The molecule has 0 atom stereocenters. The second kappa shape index (κ2) is 9.65. The number of oxazole rings is 1. The van der Waals surface area contributed by atoms with Gasteiger partial charge in [0, 0.05) is 35.8 Å². The normalized spacial score (nSPS) is 14.9. The summed E-state index contributed by atoms with van der Waals surface area (Å²) in [7, 11) is 2.12. The lowest BCUT2D eigenvalue weighted by molar-refractivity contribution is 0.102. The van der Waals surface area contributed by atoms with Crippen molar-refractivity contribution in [3.05, 3.63) is 72.4 Å². The van der Waals surface area contributed by atoms with E-state index in [2.05, 4.69) is 46.3 Å². The fraction of sp³-hybridized carbons (Fsp3) is 0.296. The van der Waals surface area contributed by atoms with Gasteiger partial charge in [-0.15, -0.1) is 0 Å². The van der Waals surface area contributed by atoms with E-state index in [1.165, 1.54) is 6.39 Å². The molecule has 2 aromatic heterocycles. The molecule has 1 aliphatic heterocycles. The van der Waals surface area contributed by atoms with E-state index in [9.17, 15) is 4.79 Å². The smallest absolute Gasteiger partial charge is 0.256 e. The number of rotatable bonds is 6. The minimum absolute atomic E-state index is 0.184. The molecule has 0 unspecified atom stereocenters. The summed E-state index contributed by atoms with van der Waals surface area (Å²) < 4.78 is 11.7. The number of hydrogen-bond donors (Lipinski definition) is 1. The van der Waals surface area contributed by atoms with Gasteiger partial charge in [0.25, 0.3) is 5.91 Å². The van der Waals surface area contributed by atoms with Crippen LogP contribution >= 0.6 is 0 Å². The Balaban J connectivity index is 1.34. The Hall–Kier alpha value is -3.71. The fourth-order valence-corrected chi connectivity index (χ4v) is 4.37. The molecule has 1 amide bonds. The van der Waals surface area contributed by atoms with E-state index in [-0.39, 0.29) is 12.0 Å². The zero-order valence-electron chi connectivity index (χ0n) is 19.5. The molecule has 174 valence electrons. The quantitative estimate of drug-likeness (QED) is 0.431. The van der Waals surface area contributed by atoms with E-state index in [0.29, 0.717) is 11.4 Å². The number of fused-ring (bicyclic) bond motifs is 1. The van der Waals surface area contributed by atoms with E-state index in [1.807, 2.05) is 18.2 Å². The molecule has 7 nitrogen and oxygen atoms in total. The van der Waals surface area contributed by atoms with Gasteiger partial charge < -0.3 is 19.4 Å². The summed E-state index contributed by atoms with van der Waals surface area (Å²) in [5, 5.41) is 4.89. The Morgan fingerprint density at radius 2 is 2.00 bits per heavy atom. The van der Waals surface area contributed by atoms with Crippen molar-refractivity contribution in [2.24, 2.45) is 0 Å². The van der Waals surface area contributed by atoms with Crippen LogP contribution in [0.5, 0.6) is 5.75 Å². The first-order chi connectivity index (χ1) is 16.6. The van der Waals surface area contributed by atoms with E-state index in [4.69, 9.17) is 9.15 Å². The Bertz CT molecular complexity index is 1290. The van der Waals surface area contributed by atoms with E-state index < -0.39 is 0 Å². The van der Waals surface area contributed by atoms with E-state index in [0.717, 1.165) is 65.8 Å². The van der Waals surface area contributed by atoms with Gasteiger partial charge in [-0.05, 0) is 73.7 Å². The van der Waals surface area contributed by atoms with Crippen LogP contribution < -0.4 is 10.1 Å². The molecule has 0 spiro atoms. The molecular weight excluding hydrogens is 428 g/mol. The first kappa shape index (κ1) is 22.1. The van der Waals surface area contributed by atoms with Crippen LogP contribution in [0.25, 0.3) is 22.1 Å². The number of piperidine rings is 1. The van der Waals surface area contributed by atoms with Gasteiger partial charge in [0.15, 0.2) is 12.2 Å². The lowest BCUT2D eigenvalue weighted by atomic mass is 9.99. The van der Waals surface area contributed by atoms with Crippen LogP contribution in [0.2, 0.25) is 0 Å². The van der Waals surface area contributed by atoms with Gasteiger partial charge in [0.05, 0.1) is 6.20 Å². The molecule has 1 saturated heterocycles. The fourth-order valence-electron chi connectivity index (χ4n) is 4.37. The highest BCUT2D eigenvalue weighted by atomic mass is 16.5. The standard InChI is InChI=1S/C27H28N4O3/c1-3-18-11-21-15-29-26(14-20(21)13-24(18)25-16-28-17-33-25)30-27(32)19-5-4-6-23(12-19)34-22-7-9-31(2)10-8-22/h4-6,11-17,22H,3,7-10H2,1-2H3,(H,29,30,32). The summed E-state index contributed by atoms with van der Waals surface area (Å²) in [6, 6.07) is 13.4. The third-order valence-electron chi connectivity index (χ3n) is 6.33. The number of hydrogen-bond acceptors (Lipinski definition) is 6. The van der Waals surface area contributed by atoms with E-state index in [1.54, 1.807) is 24.5 Å². The number of carbonyl (C=O) groups excluding carboxylic acids is 1. The average molecular weight is 457 g/mol. The van der Waals surface area contributed by atoms with Gasteiger partial charge in [-0.1, -0.05) is 13.0 Å². The molecule has 4 aromatic rings. The predicted octanol–water partition coefficient (Wildman–Crippen LogP) is 5.18. The van der Waals surface area contributed by atoms with E-state index >= 15 is 0 Å². The Morgan fingerprint density at radius 3 is 2.76 bits per heavy atom. The number of carbonyl (C=O) groups is 1. The van der Waals surface area contributed by atoms with Gasteiger partial charge in [-0.2, -0.15) is 0 Å². The minimum Gasteiger partial charge on any atom is -0.490 e. The first-order valence-electron chi connectivity index (χ1n) is 11.7. The highest BCUT2D eigenvalue weighted by molar-refractivity contribution is 6.04. The molecule has 5 rings (SSSR count). The summed E-state index contributed by atoms with van der Waals surface area (Å²) in [6.45, 7) is 4.15. The molecule has 1 fully saturated rings. The SMILES string of the molecule is CCc1cc2cnc(NC(=O)c3cccc(OC4CCN(C)CC4)c3)cc2cc1-c1cnco1. The summed E-state index contributed by atoms with van der Waals surface area (Å²) in [5.41, 5.74) is 2.69. The minimum atomic E-state index is -0.221. The molecule has 1 N–H and O–H groups in total. The van der Waals surface area contributed by atoms with Gasteiger partial charge in [0.2, 0.25) is 0 Å². The maximum Gasteiger partial charge on any atom is 0.256 e. The number of ether oxygens (including phenoxy) is 1. The molecule has 2 aromatic carbocycles. The number of aryl methyl sites for hydroxylation is 1. The van der Waals surface area contributed by atoms with Gasteiger partial charge in [0.1, 0.15) is 17.7 Å². The van der Waals surface area contributed by atoms with Crippen molar-refractivity contribution in [1.29, 1.82) is 0 Å². The van der Waals surface area contributed by atoms with Crippen molar-refractivity contribution in [2.45, 2.75) is 32.3 Å². The lowest BCUT2D eigenvalue weighted by Gasteiger charge is -2.29. The number of benzene rings is 2. The molecule has 1 aliphatic rings. The van der Waals surface area contributed by atoms with Crippen molar-refractivity contribution in [1.82, 2.24) is 14.9 Å². The van der Waals surface area contributed by atoms with Gasteiger partial charge in [-0.3, -0.25) is 4.79 Å². The number of likely N-dealkylation sites (tertiary alicyclic amines) is 1. The summed E-state index contributed by atoms with van der Waals surface area (Å²) in [6.07, 6.45) is 7.96. The van der Waals surface area contributed by atoms with Crippen molar-refractivity contribution < 1.29 is 13.9 Å². The molecule has 3 heterocycles. The van der Waals surface area contributed by atoms with Crippen LogP contribution in [0.4, 0.5) is 5.82 Å². The maximum absolute atomic E-state index is 13.0.